The van der Waals surface area contributed by atoms with Crippen molar-refractivity contribution in [3.05, 3.63) is 30.1 Å². The van der Waals surface area contributed by atoms with Crippen LogP contribution in [0.4, 0.5) is 0 Å². The highest BCUT2D eigenvalue weighted by Crippen LogP contribution is 2.09. The Hall–Kier alpha value is -2.04. The van der Waals surface area contributed by atoms with Crippen molar-refractivity contribution in [2.75, 3.05) is 13.1 Å². The highest BCUT2D eigenvalue weighted by atomic mass is 15.2. The standard InChI is InChI=1S/C11H13N5/c1-2-4-9-8(3-1)15-10(16-9)7-14-11-12-5-6-13-11/h1-4H,5-7H2,(H,15,16)(H2,12,13,14). The first-order valence-corrected chi connectivity index (χ1v) is 5.38. The summed E-state index contributed by atoms with van der Waals surface area (Å²) in [6.07, 6.45) is 0. The SMILES string of the molecule is c1ccc2[nH]c(CNC3=NCCN3)nc2c1. The lowest BCUT2D eigenvalue weighted by Gasteiger charge is -2.03. The van der Waals surface area contributed by atoms with Crippen LogP contribution in [0.3, 0.4) is 0 Å². The third-order valence-corrected chi connectivity index (χ3v) is 2.54. The predicted molar refractivity (Wildman–Crippen MR) is 63.2 cm³/mol. The van der Waals surface area contributed by atoms with Gasteiger partial charge in [-0.25, -0.2) is 4.98 Å². The van der Waals surface area contributed by atoms with Crippen LogP contribution in [0.2, 0.25) is 0 Å². The number of aromatic amines is 1. The van der Waals surface area contributed by atoms with Gasteiger partial charge in [0.15, 0.2) is 5.96 Å². The van der Waals surface area contributed by atoms with Crippen molar-refractivity contribution in [2.45, 2.75) is 6.54 Å². The largest absolute Gasteiger partial charge is 0.355 e. The van der Waals surface area contributed by atoms with Crippen LogP contribution in [0.5, 0.6) is 0 Å². The topological polar surface area (TPSA) is 65.1 Å². The number of benzene rings is 1. The number of rotatable bonds is 2. The maximum Gasteiger partial charge on any atom is 0.191 e. The number of guanidine groups is 1. The van der Waals surface area contributed by atoms with Crippen molar-refractivity contribution in [3.8, 4) is 0 Å². The van der Waals surface area contributed by atoms with Gasteiger partial charge in [-0.15, -0.1) is 0 Å². The van der Waals surface area contributed by atoms with Gasteiger partial charge in [0, 0.05) is 6.54 Å². The number of imidazole rings is 1. The second kappa shape index (κ2) is 3.84. The molecule has 0 saturated carbocycles. The molecule has 16 heavy (non-hydrogen) atoms. The Bertz CT molecular complexity index is 495. The normalized spacial score (nSPS) is 14.9. The Kier molecular flexibility index (Phi) is 2.21. The molecule has 0 saturated heterocycles. The Morgan fingerprint density at radius 2 is 2.25 bits per heavy atom. The van der Waals surface area contributed by atoms with E-state index in [1.807, 2.05) is 24.3 Å². The molecule has 0 unspecified atom stereocenters. The molecule has 0 bridgehead atoms. The summed E-state index contributed by atoms with van der Waals surface area (Å²) in [7, 11) is 0. The molecule has 0 fully saturated rings. The fraction of sp³-hybridized carbons (Fsp3) is 0.273. The Balaban J connectivity index is 1.74. The zero-order valence-electron chi connectivity index (χ0n) is 8.83. The van der Waals surface area contributed by atoms with Crippen LogP contribution in [0.15, 0.2) is 29.3 Å². The Morgan fingerprint density at radius 1 is 1.31 bits per heavy atom. The first kappa shape index (κ1) is 9.21. The lowest BCUT2D eigenvalue weighted by atomic mass is 10.3. The zero-order chi connectivity index (χ0) is 10.8. The number of para-hydroxylation sites is 2. The van der Waals surface area contributed by atoms with Gasteiger partial charge in [0.1, 0.15) is 5.82 Å². The average Bonchev–Trinajstić information content (AvgIpc) is 2.95. The van der Waals surface area contributed by atoms with Crippen LogP contribution < -0.4 is 10.6 Å². The molecule has 5 heteroatoms. The predicted octanol–water partition coefficient (Wildman–Crippen LogP) is 0.612. The maximum atomic E-state index is 4.47. The summed E-state index contributed by atoms with van der Waals surface area (Å²) in [5, 5.41) is 6.36. The van der Waals surface area contributed by atoms with Crippen LogP contribution >= 0.6 is 0 Å². The van der Waals surface area contributed by atoms with Crippen molar-refractivity contribution in [1.29, 1.82) is 0 Å². The molecule has 0 spiro atoms. The second-order valence-corrected chi connectivity index (χ2v) is 3.71. The zero-order valence-corrected chi connectivity index (χ0v) is 8.83. The summed E-state index contributed by atoms with van der Waals surface area (Å²) >= 11 is 0. The summed E-state index contributed by atoms with van der Waals surface area (Å²) in [6, 6.07) is 8.02. The van der Waals surface area contributed by atoms with Crippen molar-refractivity contribution in [2.24, 2.45) is 4.99 Å². The van der Waals surface area contributed by atoms with Crippen LogP contribution in [-0.4, -0.2) is 29.0 Å². The molecule has 2 aromatic rings. The van der Waals surface area contributed by atoms with Crippen molar-refractivity contribution >= 4 is 17.0 Å². The van der Waals surface area contributed by atoms with Gasteiger partial charge in [-0.2, -0.15) is 0 Å². The van der Waals surface area contributed by atoms with Gasteiger partial charge in [-0.05, 0) is 12.1 Å². The third kappa shape index (κ3) is 1.71. The number of aromatic nitrogens is 2. The maximum absolute atomic E-state index is 4.47. The molecule has 0 amide bonds. The van der Waals surface area contributed by atoms with Gasteiger partial charge in [0.2, 0.25) is 0 Å². The van der Waals surface area contributed by atoms with Crippen molar-refractivity contribution in [1.82, 2.24) is 20.6 Å². The lowest BCUT2D eigenvalue weighted by molar-refractivity contribution is 0.824. The van der Waals surface area contributed by atoms with Gasteiger partial charge < -0.3 is 15.6 Å². The lowest BCUT2D eigenvalue weighted by Crippen LogP contribution is -2.33. The van der Waals surface area contributed by atoms with E-state index in [0.29, 0.717) is 6.54 Å². The molecule has 0 radical (unpaired) electrons. The molecule has 1 aromatic carbocycles. The number of nitrogens with zero attached hydrogens (tertiary/aromatic N) is 2. The first-order chi connectivity index (χ1) is 7.92. The minimum atomic E-state index is 0.667. The van der Waals surface area contributed by atoms with Gasteiger partial charge in [-0.1, -0.05) is 12.1 Å². The van der Waals surface area contributed by atoms with Crippen LogP contribution in [0.25, 0.3) is 11.0 Å². The molecule has 1 aliphatic heterocycles. The highest BCUT2D eigenvalue weighted by molar-refractivity contribution is 5.81. The molecule has 0 aliphatic carbocycles. The van der Waals surface area contributed by atoms with E-state index in [-0.39, 0.29) is 0 Å². The monoisotopic (exact) mass is 215 g/mol. The van der Waals surface area contributed by atoms with E-state index >= 15 is 0 Å². The molecule has 82 valence electrons. The Morgan fingerprint density at radius 3 is 3.06 bits per heavy atom. The molecule has 5 nitrogen and oxygen atoms in total. The number of H-pyrrole nitrogens is 1. The minimum absolute atomic E-state index is 0.667. The van der Waals surface area contributed by atoms with Crippen molar-refractivity contribution < 1.29 is 0 Å². The number of fused-ring (bicyclic) bond motifs is 1. The van der Waals surface area contributed by atoms with Crippen LogP contribution in [-0.2, 0) is 6.54 Å². The van der Waals surface area contributed by atoms with Gasteiger partial charge in [0.05, 0.1) is 24.1 Å². The summed E-state index contributed by atoms with van der Waals surface area (Å²) in [4.78, 5) is 12.0. The van der Waals surface area contributed by atoms with Gasteiger partial charge in [0.25, 0.3) is 0 Å². The molecule has 0 atom stereocenters. The number of nitrogens with one attached hydrogen (secondary N) is 3. The van der Waals surface area contributed by atoms with E-state index in [1.54, 1.807) is 0 Å². The average molecular weight is 215 g/mol. The quantitative estimate of drug-likeness (QED) is 0.687. The molecule has 1 aliphatic rings. The number of hydrogen-bond acceptors (Lipinski definition) is 4. The van der Waals surface area contributed by atoms with E-state index in [2.05, 4.69) is 25.6 Å². The van der Waals surface area contributed by atoms with Gasteiger partial charge >= 0.3 is 0 Å². The second-order valence-electron chi connectivity index (χ2n) is 3.71. The molecular formula is C11H13N5. The molecule has 2 heterocycles. The molecule has 3 N–H and O–H groups in total. The van der Waals surface area contributed by atoms with Gasteiger partial charge in [-0.3, -0.25) is 4.99 Å². The molecular weight excluding hydrogens is 202 g/mol. The molecule has 3 rings (SSSR count). The summed E-state index contributed by atoms with van der Waals surface area (Å²) in [5.41, 5.74) is 2.07. The van der Waals surface area contributed by atoms with E-state index in [4.69, 9.17) is 0 Å². The highest BCUT2D eigenvalue weighted by Gasteiger charge is 2.05. The summed E-state index contributed by atoms with van der Waals surface area (Å²) in [5.74, 6) is 1.79. The number of aliphatic imine (C=N–C) groups is 1. The minimum Gasteiger partial charge on any atom is -0.355 e. The van der Waals surface area contributed by atoms with E-state index < -0.39 is 0 Å². The Labute approximate surface area is 93.0 Å². The fourth-order valence-corrected chi connectivity index (χ4v) is 1.77. The number of hydrogen-bond donors (Lipinski definition) is 3. The van der Waals surface area contributed by atoms with Crippen LogP contribution in [0.1, 0.15) is 5.82 Å². The fourth-order valence-electron chi connectivity index (χ4n) is 1.77. The van der Waals surface area contributed by atoms with E-state index in [0.717, 1.165) is 35.9 Å². The molecule has 1 aromatic heterocycles. The summed E-state index contributed by atoms with van der Waals surface area (Å²) < 4.78 is 0. The first-order valence-electron chi connectivity index (χ1n) is 5.38. The van der Waals surface area contributed by atoms with Crippen molar-refractivity contribution in [3.63, 3.8) is 0 Å². The summed E-state index contributed by atoms with van der Waals surface area (Å²) in [6.45, 7) is 2.44. The third-order valence-electron chi connectivity index (χ3n) is 2.54. The van der Waals surface area contributed by atoms with Crippen LogP contribution in [0, 0.1) is 0 Å². The van der Waals surface area contributed by atoms with E-state index in [1.165, 1.54) is 0 Å². The van der Waals surface area contributed by atoms with E-state index in [9.17, 15) is 0 Å². The smallest absolute Gasteiger partial charge is 0.191 e.